The lowest BCUT2D eigenvalue weighted by atomic mass is 10.2. The first kappa shape index (κ1) is 18.5. The number of nitrogens with zero attached hydrogens (tertiary/aromatic N) is 2. The van der Waals surface area contributed by atoms with Crippen LogP contribution in [0.1, 0.15) is 23.4 Å². The molecule has 24 heavy (non-hydrogen) atoms. The Hall–Kier alpha value is -1.87. The van der Waals surface area contributed by atoms with E-state index >= 15 is 0 Å². The Morgan fingerprint density at radius 3 is 2.75 bits per heavy atom. The number of carbonyl (C=O) groups is 1. The highest BCUT2D eigenvalue weighted by molar-refractivity contribution is 7.15. The Bertz CT molecular complexity index is 722. The van der Waals surface area contributed by atoms with Crippen molar-refractivity contribution in [3.05, 3.63) is 33.8 Å². The molecular weight excluding hydrogens is 367 g/mol. The third-order valence-corrected chi connectivity index (χ3v) is 3.98. The van der Waals surface area contributed by atoms with Crippen molar-refractivity contribution in [2.24, 2.45) is 0 Å². The predicted molar refractivity (Wildman–Crippen MR) is 84.5 cm³/mol. The summed E-state index contributed by atoms with van der Waals surface area (Å²) in [4.78, 5) is 11.7. The fraction of sp³-hybridized carbons (Fsp3) is 0.357. The lowest BCUT2D eigenvalue weighted by Gasteiger charge is -2.09. The summed E-state index contributed by atoms with van der Waals surface area (Å²) in [5, 5.41) is 7.89. The molecule has 0 atom stereocenters. The number of aryl methyl sites for hydroxylation is 1. The first-order valence-corrected chi connectivity index (χ1v) is 8.04. The van der Waals surface area contributed by atoms with E-state index in [0.717, 1.165) is 5.56 Å². The van der Waals surface area contributed by atoms with Crippen LogP contribution in [0.4, 0.5) is 18.3 Å². The number of amides is 1. The summed E-state index contributed by atoms with van der Waals surface area (Å²) >= 11 is 6.12. The molecule has 2 aromatic rings. The summed E-state index contributed by atoms with van der Waals surface area (Å²) in [6.45, 7) is 2.14. The molecule has 5 nitrogen and oxygen atoms in total. The topological polar surface area (TPSA) is 64.1 Å². The maximum Gasteiger partial charge on any atom is 0.445 e. The van der Waals surface area contributed by atoms with Crippen molar-refractivity contribution in [1.29, 1.82) is 0 Å². The van der Waals surface area contributed by atoms with Gasteiger partial charge in [-0.05, 0) is 37.1 Å². The molecular formula is C14H13ClF3N3O2S. The highest BCUT2D eigenvalue weighted by Gasteiger charge is 2.35. The normalized spacial score (nSPS) is 11.4. The summed E-state index contributed by atoms with van der Waals surface area (Å²) in [5.74, 6) is 0.218. The van der Waals surface area contributed by atoms with Gasteiger partial charge in [0.05, 0.1) is 6.61 Å². The van der Waals surface area contributed by atoms with E-state index in [1.54, 1.807) is 18.2 Å². The molecule has 0 aliphatic carbocycles. The maximum atomic E-state index is 12.4. The van der Waals surface area contributed by atoms with E-state index in [2.05, 4.69) is 15.5 Å². The van der Waals surface area contributed by atoms with Crippen LogP contribution >= 0.6 is 22.9 Å². The number of hydrogen-bond donors (Lipinski definition) is 1. The van der Waals surface area contributed by atoms with Crippen molar-refractivity contribution in [2.45, 2.75) is 25.9 Å². The van der Waals surface area contributed by atoms with E-state index in [0.29, 0.717) is 23.8 Å². The predicted octanol–water partition coefficient (Wildman–Crippen LogP) is 4.32. The molecule has 0 radical (unpaired) electrons. The Kier molecular flexibility index (Phi) is 6.00. The van der Waals surface area contributed by atoms with Crippen LogP contribution in [0, 0.1) is 6.92 Å². The molecule has 0 fully saturated rings. The second-order valence-electron chi connectivity index (χ2n) is 4.82. The first-order chi connectivity index (χ1) is 11.3. The fourth-order valence-electron chi connectivity index (χ4n) is 1.76. The van der Waals surface area contributed by atoms with Gasteiger partial charge in [-0.15, -0.1) is 10.2 Å². The largest absolute Gasteiger partial charge is 0.493 e. The molecule has 1 heterocycles. The fourth-order valence-corrected chi connectivity index (χ4v) is 2.61. The Morgan fingerprint density at radius 2 is 2.12 bits per heavy atom. The van der Waals surface area contributed by atoms with Crippen LogP contribution in [-0.4, -0.2) is 22.7 Å². The number of benzene rings is 1. The molecule has 2 rings (SSSR count). The summed E-state index contributed by atoms with van der Waals surface area (Å²) < 4.78 is 42.7. The number of carbonyl (C=O) groups excluding carboxylic acids is 1. The lowest BCUT2D eigenvalue weighted by molar-refractivity contribution is -0.138. The minimum atomic E-state index is -4.56. The van der Waals surface area contributed by atoms with Crippen LogP contribution in [-0.2, 0) is 11.0 Å². The highest BCUT2D eigenvalue weighted by Crippen LogP contribution is 2.33. The molecule has 0 unspecified atom stereocenters. The van der Waals surface area contributed by atoms with Crippen molar-refractivity contribution < 1.29 is 22.7 Å². The lowest BCUT2D eigenvalue weighted by Crippen LogP contribution is -2.12. The molecule has 10 heteroatoms. The molecule has 0 aliphatic rings. The smallest absolute Gasteiger partial charge is 0.445 e. The summed E-state index contributed by atoms with van der Waals surface area (Å²) in [5.41, 5.74) is 0.875. The van der Waals surface area contributed by atoms with Gasteiger partial charge in [0, 0.05) is 11.4 Å². The van der Waals surface area contributed by atoms with Gasteiger partial charge in [0.1, 0.15) is 5.75 Å². The summed E-state index contributed by atoms with van der Waals surface area (Å²) in [6.07, 6.45) is -4.07. The zero-order valence-electron chi connectivity index (χ0n) is 12.5. The monoisotopic (exact) mass is 379 g/mol. The van der Waals surface area contributed by atoms with Crippen molar-refractivity contribution in [1.82, 2.24) is 10.2 Å². The SMILES string of the molecule is Cc1cc(Cl)ccc1OCCCC(=O)Nc1nnc(C(F)(F)F)s1. The van der Waals surface area contributed by atoms with Crippen molar-refractivity contribution >= 4 is 34.0 Å². The van der Waals surface area contributed by atoms with Crippen LogP contribution in [0.15, 0.2) is 18.2 Å². The molecule has 1 aromatic heterocycles. The number of aromatic nitrogens is 2. The van der Waals surface area contributed by atoms with Crippen LogP contribution in [0.3, 0.4) is 0 Å². The van der Waals surface area contributed by atoms with Crippen LogP contribution in [0.5, 0.6) is 5.75 Å². The average Bonchev–Trinajstić information content (AvgIpc) is 2.94. The average molecular weight is 380 g/mol. The van der Waals surface area contributed by atoms with Gasteiger partial charge in [0.25, 0.3) is 0 Å². The summed E-state index contributed by atoms with van der Waals surface area (Å²) in [7, 11) is 0. The van der Waals surface area contributed by atoms with E-state index in [4.69, 9.17) is 16.3 Å². The second-order valence-corrected chi connectivity index (χ2v) is 6.23. The number of alkyl halides is 3. The number of ether oxygens (including phenoxy) is 1. The Labute approximate surface area is 144 Å². The highest BCUT2D eigenvalue weighted by atomic mass is 35.5. The standard InChI is InChI=1S/C14H13ClF3N3O2S/c1-8-7-9(15)4-5-10(8)23-6-2-3-11(22)19-13-21-20-12(24-13)14(16,17)18/h4-5,7H,2-3,6H2,1H3,(H,19,21,22). The zero-order valence-corrected chi connectivity index (χ0v) is 14.1. The van der Waals surface area contributed by atoms with Crippen molar-refractivity contribution in [2.75, 3.05) is 11.9 Å². The van der Waals surface area contributed by atoms with Crippen molar-refractivity contribution in [3.8, 4) is 5.75 Å². The minimum Gasteiger partial charge on any atom is -0.493 e. The van der Waals surface area contributed by atoms with Crippen LogP contribution in [0.2, 0.25) is 5.02 Å². The second kappa shape index (κ2) is 7.80. The van der Waals surface area contributed by atoms with Crippen LogP contribution in [0.25, 0.3) is 0 Å². The van der Waals surface area contributed by atoms with E-state index in [1.807, 2.05) is 6.92 Å². The van der Waals surface area contributed by atoms with Gasteiger partial charge in [-0.3, -0.25) is 4.79 Å². The van der Waals surface area contributed by atoms with Gasteiger partial charge in [-0.25, -0.2) is 0 Å². The molecule has 0 saturated carbocycles. The molecule has 0 bridgehead atoms. The van der Waals surface area contributed by atoms with E-state index in [1.165, 1.54) is 0 Å². The molecule has 0 aliphatic heterocycles. The molecule has 1 N–H and O–H groups in total. The minimum absolute atomic E-state index is 0.0908. The van der Waals surface area contributed by atoms with Crippen molar-refractivity contribution in [3.63, 3.8) is 0 Å². The van der Waals surface area contributed by atoms with Gasteiger partial charge in [0.15, 0.2) is 0 Å². The van der Waals surface area contributed by atoms with E-state index in [-0.39, 0.29) is 22.9 Å². The van der Waals surface area contributed by atoms with Gasteiger partial charge in [-0.2, -0.15) is 13.2 Å². The van der Waals surface area contributed by atoms with E-state index in [9.17, 15) is 18.0 Å². The van der Waals surface area contributed by atoms with Gasteiger partial charge in [0.2, 0.25) is 16.0 Å². The maximum absolute atomic E-state index is 12.4. The molecule has 1 aromatic carbocycles. The molecule has 130 valence electrons. The van der Waals surface area contributed by atoms with Gasteiger partial charge < -0.3 is 10.1 Å². The zero-order chi connectivity index (χ0) is 17.7. The number of nitrogens with one attached hydrogen (secondary N) is 1. The Morgan fingerprint density at radius 1 is 1.38 bits per heavy atom. The third kappa shape index (κ3) is 5.34. The molecule has 1 amide bonds. The number of hydrogen-bond acceptors (Lipinski definition) is 5. The molecule has 0 spiro atoms. The number of anilines is 1. The quantitative estimate of drug-likeness (QED) is 0.759. The Balaban J connectivity index is 1.74. The number of rotatable bonds is 6. The first-order valence-electron chi connectivity index (χ1n) is 6.85. The van der Waals surface area contributed by atoms with Crippen LogP contribution < -0.4 is 10.1 Å². The van der Waals surface area contributed by atoms with Gasteiger partial charge in [-0.1, -0.05) is 22.9 Å². The molecule has 0 saturated heterocycles. The van der Waals surface area contributed by atoms with E-state index < -0.39 is 17.1 Å². The van der Waals surface area contributed by atoms with Gasteiger partial charge >= 0.3 is 6.18 Å². The number of halogens is 4. The summed E-state index contributed by atoms with van der Waals surface area (Å²) in [6, 6.07) is 5.19. The third-order valence-electron chi connectivity index (χ3n) is 2.86.